The molecule has 0 spiro atoms. The van der Waals surface area contributed by atoms with Crippen LogP contribution in [-0.2, 0) is 11.3 Å². The lowest BCUT2D eigenvalue weighted by atomic mass is 9.91. The molecule has 1 atom stereocenters. The van der Waals surface area contributed by atoms with Crippen LogP contribution in [0.4, 0.5) is 0 Å². The maximum Gasteiger partial charge on any atom is 0.244 e. The lowest BCUT2D eigenvalue weighted by Crippen LogP contribution is -2.32. The Kier molecular flexibility index (Phi) is 5.30. The maximum atomic E-state index is 5.58. The standard InChI is InChI=1S/C17H27N5O2/c1-10(2)16-19-17(24-22-16)15(13-5-7-23-8-6-13)18-9-14-11(3)20-21-12(14)4/h10,13,15,18H,5-9H2,1-4H3,(H,20,21)/t15-/m1/s1. The van der Waals surface area contributed by atoms with Crippen molar-refractivity contribution in [3.05, 3.63) is 28.7 Å². The van der Waals surface area contributed by atoms with E-state index in [0.717, 1.165) is 49.8 Å². The number of nitrogens with one attached hydrogen (secondary N) is 2. The van der Waals surface area contributed by atoms with Crippen molar-refractivity contribution in [3.8, 4) is 0 Å². The largest absolute Gasteiger partial charge is 0.381 e. The van der Waals surface area contributed by atoms with E-state index in [4.69, 9.17) is 9.26 Å². The van der Waals surface area contributed by atoms with Gasteiger partial charge in [-0.25, -0.2) is 0 Å². The van der Waals surface area contributed by atoms with Crippen LogP contribution in [-0.4, -0.2) is 33.6 Å². The molecule has 2 N–H and O–H groups in total. The van der Waals surface area contributed by atoms with Gasteiger partial charge in [0.2, 0.25) is 5.89 Å². The molecule has 0 bridgehead atoms. The van der Waals surface area contributed by atoms with E-state index >= 15 is 0 Å². The van der Waals surface area contributed by atoms with Gasteiger partial charge in [0.05, 0.1) is 11.7 Å². The minimum atomic E-state index is 0.0441. The van der Waals surface area contributed by atoms with E-state index in [1.54, 1.807) is 0 Å². The SMILES string of the molecule is Cc1n[nH]c(C)c1CN[C@@H](c1nc(C(C)C)no1)C1CCOCC1. The van der Waals surface area contributed by atoms with Gasteiger partial charge in [0.25, 0.3) is 0 Å². The summed E-state index contributed by atoms with van der Waals surface area (Å²) >= 11 is 0. The molecule has 0 aliphatic carbocycles. The van der Waals surface area contributed by atoms with Crippen LogP contribution in [0, 0.1) is 19.8 Å². The minimum absolute atomic E-state index is 0.0441. The Hall–Kier alpha value is -1.73. The van der Waals surface area contributed by atoms with Crippen molar-refractivity contribution in [1.29, 1.82) is 0 Å². The molecule has 7 nitrogen and oxygen atoms in total. The number of hydrogen-bond donors (Lipinski definition) is 2. The van der Waals surface area contributed by atoms with E-state index in [2.05, 4.69) is 39.5 Å². The zero-order valence-corrected chi connectivity index (χ0v) is 14.9. The molecule has 1 aliphatic rings. The predicted octanol–water partition coefficient (Wildman–Crippen LogP) is 2.79. The normalized spacial score (nSPS) is 17.5. The number of nitrogens with zero attached hydrogens (tertiary/aromatic N) is 3. The third-order valence-electron chi connectivity index (χ3n) is 4.76. The molecule has 1 saturated heterocycles. The van der Waals surface area contributed by atoms with Crippen molar-refractivity contribution in [3.63, 3.8) is 0 Å². The molecule has 132 valence electrons. The van der Waals surface area contributed by atoms with Crippen LogP contribution in [0.15, 0.2) is 4.52 Å². The molecule has 7 heteroatoms. The first-order valence-electron chi connectivity index (χ1n) is 8.71. The molecule has 0 amide bonds. The Morgan fingerprint density at radius 2 is 2.00 bits per heavy atom. The highest BCUT2D eigenvalue weighted by molar-refractivity contribution is 5.23. The Labute approximate surface area is 142 Å². The Morgan fingerprint density at radius 3 is 2.58 bits per heavy atom. The molecule has 3 rings (SSSR count). The van der Waals surface area contributed by atoms with Crippen molar-refractivity contribution < 1.29 is 9.26 Å². The van der Waals surface area contributed by atoms with Crippen molar-refractivity contribution in [1.82, 2.24) is 25.7 Å². The van der Waals surface area contributed by atoms with Gasteiger partial charge in [-0.1, -0.05) is 19.0 Å². The average Bonchev–Trinajstić information content (AvgIpc) is 3.18. The molecule has 2 aromatic heterocycles. The molecule has 0 aromatic carbocycles. The van der Waals surface area contributed by atoms with Crippen LogP contribution in [0.5, 0.6) is 0 Å². The fourth-order valence-corrected chi connectivity index (χ4v) is 3.16. The van der Waals surface area contributed by atoms with E-state index in [1.807, 2.05) is 13.8 Å². The number of ether oxygens (including phenoxy) is 1. The van der Waals surface area contributed by atoms with Gasteiger partial charge in [-0.3, -0.25) is 5.10 Å². The van der Waals surface area contributed by atoms with Crippen molar-refractivity contribution in [2.75, 3.05) is 13.2 Å². The molecule has 3 heterocycles. The first-order valence-corrected chi connectivity index (χ1v) is 8.71. The number of hydrogen-bond acceptors (Lipinski definition) is 6. The van der Waals surface area contributed by atoms with Gasteiger partial charge in [-0.05, 0) is 32.6 Å². The van der Waals surface area contributed by atoms with Crippen molar-refractivity contribution in [2.24, 2.45) is 5.92 Å². The second-order valence-corrected chi connectivity index (χ2v) is 6.87. The van der Waals surface area contributed by atoms with Gasteiger partial charge in [0, 0.05) is 36.9 Å². The van der Waals surface area contributed by atoms with Gasteiger partial charge >= 0.3 is 0 Å². The summed E-state index contributed by atoms with van der Waals surface area (Å²) in [4.78, 5) is 4.63. The molecule has 0 radical (unpaired) electrons. The number of rotatable bonds is 6. The van der Waals surface area contributed by atoms with Crippen LogP contribution in [0.25, 0.3) is 0 Å². The Balaban J connectivity index is 1.78. The number of aromatic amines is 1. The molecular weight excluding hydrogens is 306 g/mol. The van der Waals surface area contributed by atoms with Gasteiger partial charge in [-0.2, -0.15) is 10.1 Å². The maximum absolute atomic E-state index is 5.58. The summed E-state index contributed by atoms with van der Waals surface area (Å²) in [5.74, 6) is 2.15. The second kappa shape index (κ2) is 7.44. The summed E-state index contributed by atoms with van der Waals surface area (Å²) < 4.78 is 11.1. The molecular formula is C17H27N5O2. The highest BCUT2D eigenvalue weighted by Gasteiger charge is 2.30. The van der Waals surface area contributed by atoms with E-state index in [0.29, 0.717) is 11.8 Å². The highest BCUT2D eigenvalue weighted by Crippen LogP contribution is 2.30. The van der Waals surface area contributed by atoms with Crippen LogP contribution < -0.4 is 5.32 Å². The fourth-order valence-electron chi connectivity index (χ4n) is 3.16. The monoisotopic (exact) mass is 333 g/mol. The first kappa shape index (κ1) is 17.1. The minimum Gasteiger partial charge on any atom is -0.381 e. The summed E-state index contributed by atoms with van der Waals surface area (Å²) in [5.41, 5.74) is 3.33. The zero-order chi connectivity index (χ0) is 17.1. The second-order valence-electron chi connectivity index (χ2n) is 6.87. The van der Waals surface area contributed by atoms with E-state index in [-0.39, 0.29) is 12.0 Å². The predicted molar refractivity (Wildman–Crippen MR) is 89.6 cm³/mol. The van der Waals surface area contributed by atoms with Gasteiger partial charge in [0.1, 0.15) is 0 Å². The third kappa shape index (κ3) is 3.67. The van der Waals surface area contributed by atoms with Crippen molar-refractivity contribution in [2.45, 2.75) is 59.0 Å². The quantitative estimate of drug-likeness (QED) is 0.845. The first-order chi connectivity index (χ1) is 11.6. The molecule has 24 heavy (non-hydrogen) atoms. The summed E-state index contributed by atoms with van der Waals surface area (Å²) in [6, 6.07) is 0.0441. The molecule has 0 unspecified atom stereocenters. The summed E-state index contributed by atoms with van der Waals surface area (Å²) in [6.45, 7) is 10.5. The Bertz CT molecular complexity index is 638. The lowest BCUT2D eigenvalue weighted by Gasteiger charge is -2.28. The molecule has 1 fully saturated rings. The smallest absolute Gasteiger partial charge is 0.244 e. The van der Waals surface area contributed by atoms with Crippen LogP contribution in [0.2, 0.25) is 0 Å². The van der Waals surface area contributed by atoms with Gasteiger partial charge in [0.15, 0.2) is 5.82 Å². The third-order valence-corrected chi connectivity index (χ3v) is 4.76. The number of aryl methyl sites for hydroxylation is 2. The highest BCUT2D eigenvalue weighted by atomic mass is 16.5. The van der Waals surface area contributed by atoms with Gasteiger partial charge in [-0.15, -0.1) is 0 Å². The number of H-pyrrole nitrogens is 1. The summed E-state index contributed by atoms with van der Waals surface area (Å²) in [5, 5.41) is 15.1. The fraction of sp³-hybridized carbons (Fsp3) is 0.706. The zero-order valence-electron chi connectivity index (χ0n) is 14.9. The van der Waals surface area contributed by atoms with E-state index in [9.17, 15) is 0 Å². The van der Waals surface area contributed by atoms with Gasteiger partial charge < -0.3 is 14.6 Å². The van der Waals surface area contributed by atoms with Crippen LogP contribution >= 0.6 is 0 Å². The molecule has 1 aliphatic heterocycles. The van der Waals surface area contributed by atoms with E-state index in [1.165, 1.54) is 5.56 Å². The Morgan fingerprint density at radius 1 is 1.25 bits per heavy atom. The molecule has 0 saturated carbocycles. The number of aromatic nitrogens is 4. The topological polar surface area (TPSA) is 88.9 Å². The summed E-state index contributed by atoms with van der Waals surface area (Å²) in [6.07, 6.45) is 2.00. The van der Waals surface area contributed by atoms with E-state index < -0.39 is 0 Å². The summed E-state index contributed by atoms with van der Waals surface area (Å²) in [7, 11) is 0. The molecule has 2 aromatic rings. The average molecular weight is 333 g/mol. The van der Waals surface area contributed by atoms with Crippen LogP contribution in [0.1, 0.15) is 67.3 Å². The van der Waals surface area contributed by atoms with Crippen molar-refractivity contribution >= 4 is 0 Å². The lowest BCUT2D eigenvalue weighted by molar-refractivity contribution is 0.0485. The van der Waals surface area contributed by atoms with Crippen LogP contribution in [0.3, 0.4) is 0 Å².